The number of nitrogens with zero attached hydrogens (tertiary/aromatic N) is 2. The molecule has 2 aromatic heterocycles. The van der Waals surface area contributed by atoms with Crippen LogP contribution in [-0.4, -0.2) is 15.5 Å². The summed E-state index contributed by atoms with van der Waals surface area (Å²) in [7, 11) is 0. The molecular weight excluding hydrogens is 370 g/mol. The molecule has 4 heteroatoms. The highest BCUT2D eigenvalue weighted by molar-refractivity contribution is 5.95. The van der Waals surface area contributed by atoms with Gasteiger partial charge in [-0.3, -0.25) is 9.78 Å². The van der Waals surface area contributed by atoms with Crippen molar-refractivity contribution in [3.8, 4) is 11.3 Å². The zero-order chi connectivity index (χ0) is 22.3. The average molecular weight is 410 g/mol. The van der Waals surface area contributed by atoms with E-state index in [4.69, 9.17) is 10.7 Å². The Labute approximate surface area is 182 Å². The summed E-state index contributed by atoms with van der Waals surface area (Å²) in [6.45, 7) is 16.2. The fourth-order valence-corrected chi connectivity index (χ4v) is 4.44. The van der Waals surface area contributed by atoms with E-state index in [1.54, 1.807) is 0 Å². The Kier molecular flexibility index (Phi) is 6.18. The molecular formula is C26H39N3O. The van der Waals surface area contributed by atoms with Crippen LogP contribution in [0.2, 0.25) is 0 Å². The minimum Gasteiger partial charge on any atom is -0.366 e. The third kappa shape index (κ3) is 4.79. The molecule has 1 fully saturated rings. The van der Waals surface area contributed by atoms with E-state index in [2.05, 4.69) is 58.2 Å². The predicted octanol–water partition coefficient (Wildman–Crippen LogP) is 6.13. The van der Waals surface area contributed by atoms with Gasteiger partial charge in [0, 0.05) is 45.7 Å². The molecule has 0 saturated heterocycles. The van der Waals surface area contributed by atoms with Gasteiger partial charge in [-0.15, -0.1) is 0 Å². The third-order valence-electron chi connectivity index (χ3n) is 6.46. The van der Waals surface area contributed by atoms with Crippen molar-refractivity contribution in [3.63, 3.8) is 0 Å². The quantitative estimate of drug-likeness (QED) is 0.660. The van der Waals surface area contributed by atoms with E-state index in [1.807, 2.05) is 13.0 Å². The van der Waals surface area contributed by atoms with Crippen molar-refractivity contribution in [2.75, 3.05) is 0 Å². The number of carbonyl (C=O) groups is 1. The van der Waals surface area contributed by atoms with Crippen molar-refractivity contribution >= 4 is 5.91 Å². The molecule has 1 aliphatic carbocycles. The summed E-state index contributed by atoms with van der Waals surface area (Å²) >= 11 is 0. The van der Waals surface area contributed by atoms with Crippen LogP contribution in [0.1, 0.15) is 101 Å². The lowest BCUT2D eigenvalue weighted by Crippen LogP contribution is -2.20. The van der Waals surface area contributed by atoms with Crippen LogP contribution in [0.4, 0.5) is 0 Å². The number of primary amides is 1. The van der Waals surface area contributed by atoms with E-state index in [0.29, 0.717) is 11.5 Å². The zero-order valence-electron chi connectivity index (χ0n) is 19.9. The van der Waals surface area contributed by atoms with E-state index >= 15 is 0 Å². The summed E-state index contributed by atoms with van der Waals surface area (Å²) in [6, 6.07) is 6.40. The van der Waals surface area contributed by atoms with Gasteiger partial charge < -0.3 is 10.3 Å². The molecule has 0 bridgehead atoms. The summed E-state index contributed by atoms with van der Waals surface area (Å²) in [5, 5.41) is 0. The number of carbonyl (C=O) groups excluding carboxylic acids is 1. The second kappa shape index (κ2) is 8.20. The molecule has 1 amide bonds. The molecule has 0 radical (unpaired) electrons. The van der Waals surface area contributed by atoms with Crippen LogP contribution in [0.15, 0.2) is 18.2 Å². The van der Waals surface area contributed by atoms with Gasteiger partial charge in [-0.05, 0) is 43.9 Å². The lowest BCUT2D eigenvalue weighted by molar-refractivity contribution is 0.0999. The van der Waals surface area contributed by atoms with Crippen LogP contribution in [0.25, 0.3) is 11.3 Å². The maximum atomic E-state index is 12.2. The summed E-state index contributed by atoms with van der Waals surface area (Å²) in [6.07, 6.45) is 6.48. The second-order valence-electron chi connectivity index (χ2n) is 11.1. The molecule has 0 atom stereocenters. The summed E-state index contributed by atoms with van der Waals surface area (Å²) < 4.78 is 2.34. The number of amides is 1. The van der Waals surface area contributed by atoms with Crippen LogP contribution in [0.3, 0.4) is 0 Å². The molecule has 1 aliphatic rings. The first kappa shape index (κ1) is 22.6. The Balaban J connectivity index is 2.18. The van der Waals surface area contributed by atoms with Crippen LogP contribution in [-0.2, 0) is 17.4 Å². The number of aromatic nitrogens is 2. The van der Waals surface area contributed by atoms with Crippen LogP contribution in [0.5, 0.6) is 0 Å². The molecule has 2 heterocycles. The summed E-state index contributed by atoms with van der Waals surface area (Å²) in [4.78, 5) is 17.2. The van der Waals surface area contributed by atoms with Crippen LogP contribution >= 0.6 is 0 Å². The molecule has 0 aromatic carbocycles. The minimum atomic E-state index is -0.350. The van der Waals surface area contributed by atoms with E-state index in [1.165, 1.54) is 32.1 Å². The number of hydrogen-bond acceptors (Lipinski definition) is 2. The van der Waals surface area contributed by atoms with Gasteiger partial charge in [-0.2, -0.15) is 0 Å². The Hall–Kier alpha value is -2.10. The van der Waals surface area contributed by atoms with Gasteiger partial charge in [0.15, 0.2) is 0 Å². The van der Waals surface area contributed by atoms with Crippen LogP contribution in [0, 0.1) is 12.8 Å². The second-order valence-corrected chi connectivity index (χ2v) is 11.1. The molecule has 2 N–H and O–H groups in total. The van der Waals surface area contributed by atoms with Gasteiger partial charge in [-0.25, -0.2) is 0 Å². The van der Waals surface area contributed by atoms with Crippen LogP contribution < -0.4 is 5.73 Å². The maximum Gasteiger partial charge on any atom is 0.250 e. The van der Waals surface area contributed by atoms with Crippen molar-refractivity contribution in [2.24, 2.45) is 11.7 Å². The molecule has 0 aliphatic heterocycles. The van der Waals surface area contributed by atoms with Crippen molar-refractivity contribution in [1.82, 2.24) is 9.55 Å². The highest BCUT2D eigenvalue weighted by Gasteiger charge is 2.26. The van der Waals surface area contributed by atoms with Gasteiger partial charge in [-0.1, -0.05) is 60.8 Å². The molecule has 164 valence electrons. The summed E-state index contributed by atoms with van der Waals surface area (Å²) in [5.41, 5.74) is 11.6. The topological polar surface area (TPSA) is 60.9 Å². The molecule has 1 saturated carbocycles. The Morgan fingerprint density at radius 2 is 1.53 bits per heavy atom. The van der Waals surface area contributed by atoms with Crippen molar-refractivity contribution in [1.29, 1.82) is 0 Å². The maximum absolute atomic E-state index is 12.2. The number of nitrogens with two attached hydrogens (primary N) is 1. The average Bonchev–Trinajstić information content (AvgIpc) is 2.97. The Bertz CT molecular complexity index is 887. The lowest BCUT2D eigenvalue weighted by Gasteiger charge is -2.26. The largest absolute Gasteiger partial charge is 0.366 e. The Morgan fingerprint density at radius 1 is 1.00 bits per heavy atom. The Morgan fingerprint density at radius 3 is 2.00 bits per heavy atom. The van der Waals surface area contributed by atoms with E-state index in [0.717, 1.165) is 34.9 Å². The van der Waals surface area contributed by atoms with Gasteiger partial charge in [0.2, 0.25) is 0 Å². The third-order valence-corrected chi connectivity index (χ3v) is 6.46. The fraction of sp³-hybridized carbons (Fsp3) is 0.615. The summed E-state index contributed by atoms with van der Waals surface area (Å²) in [5.74, 6) is 0.313. The number of rotatable bonds is 4. The first-order chi connectivity index (χ1) is 13.9. The van der Waals surface area contributed by atoms with Gasteiger partial charge in [0.25, 0.3) is 5.91 Å². The van der Waals surface area contributed by atoms with E-state index < -0.39 is 0 Å². The molecule has 3 rings (SSSR count). The zero-order valence-corrected chi connectivity index (χ0v) is 19.9. The highest BCUT2D eigenvalue weighted by Crippen LogP contribution is 2.35. The van der Waals surface area contributed by atoms with Crippen molar-refractivity contribution in [2.45, 2.75) is 97.9 Å². The highest BCUT2D eigenvalue weighted by atomic mass is 16.1. The smallest absolute Gasteiger partial charge is 0.250 e. The first-order valence-electron chi connectivity index (χ1n) is 11.4. The van der Waals surface area contributed by atoms with E-state index in [9.17, 15) is 4.79 Å². The van der Waals surface area contributed by atoms with Crippen molar-refractivity contribution < 1.29 is 4.79 Å². The molecule has 30 heavy (non-hydrogen) atoms. The minimum absolute atomic E-state index is 0.0572. The molecule has 4 nitrogen and oxygen atoms in total. The standard InChI is InChI=1S/C26H39N3O/c1-17-20(24(27)30)15-21(29(17)16-18-11-9-8-10-12-18)19-13-22(25(2,3)4)28-23(14-19)26(5,6)7/h13-15,18H,8-12,16H2,1-7H3,(H2,27,30). The molecule has 2 aromatic rings. The first-order valence-corrected chi connectivity index (χ1v) is 11.4. The molecule has 0 unspecified atom stereocenters. The predicted molar refractivity (Wildman–Crippen MR) is 125 cm³/mol. The lowest BCUT2D eigenvalue weighted by atomic mass is 9.86. The molecule has 0 spiro atoms. The normalized spacial score (nSPS) is 16.1. The van der Waals surface area contributed by atoms with Gasteiger partial charge in [0.05, 0.1) is 5.56 Å². The SMILES string of the molecule is Cc1c(C(N)=O)cc(-c2cc(C(C)(C)C)nc(C(C)(C)C)c2)n1CC1CCCCC1. The monoisotopic (exact) mass is 409 g/mol. The number of hydrogen-bond donors (Lipinski definition) is 1. The number of pyridine rings is 1. The van der Waals surface area contributed by atoms with Gasteiger partial charge in [0.1, 0.15) is 0 Å². The van der Waals surface area contributed by atoms with Gasteiger partial charge >= 0.3 is 0 Å². The van der Waals surface area contributed by atoms with E-state index in [-0.39, 0.29) is 16.7 Å². The van der Waals surface area contributed by atoms with Crippen molar-refractivity contribution in [3.05, 3.63) is 40.8 Å². The fourth-order valence-electron chi connectivity index (χ4n) is 4.44.